The van der Waals surface area contributed by atoms with Gasteiger partial charge in [0.15, 0.2) is 0 Å². The second-order valence-corrected chi connectivity index (χ2v) is 5.63. The summed E-state index contributed by atoms with van der Waals surface area (Å²) in [6.45, 7) is 8.56. The lowest BCUT2D eigenvalue weighted by molar-refractivity contribution is 0.239. The highest BCUT2D eigenvalue weighted by Crippen LogP contribution is 2.24. The van der Waals surface area contributed by atoms with Crippen molar-refractivity contribution in [3.8, 4) is 5.75 Å². The third-order valence-corrected chi connectivity index (χ3v) is 3.74. The topological polar surface area (TPSA) is 21.3 Å². The molecule has 1 heterocycles. The van der Waals surface area contributed by atoms with Crippen LogP contribution in [-0.4, -0.2) is 19.2 Å². The molecule has 1 fully saturated rings. The number of piperidine rings is 1. The monoisotopic (exact) mass is 247 g/mol. The first-order valence-electron chi connectivity index (χ1n) is 7.13. The van der Waals surface area contributed by atoms with Gasteiger partial charge in [-0.15, -0.1) is 0 Å². The maximum Gasteiger partial charge on any atom is 0.119 e. The van der Waals surface area contributed by atoms with Crippen LogP contribution in [-0.2, 0) is 0 Å². The zero-order valence-electron chi connectivity index (χ0n) is 11.8. The van der Waals surface area contributed by atoms with Crippen molar-refractivity contribution in [3.05, 3.63) is 29.3 Å². The lowest BCUT2D eigenvalue weighted by Gasteiger charge is -2.23. The highest BCUT2D eigenvalue weighted by atomic mass is 16.5. The van der Waals surface area contributed by atoms with Gasteiger partial charge in [0.05, 0.1) is 0 Å². The lowest BCUT2D eigenvalue weighted by atomic mass is 9.98. The third-order valence-electron chi connectivity index (χ3n) is 3.74. The van der Waals surface area contributed by atoms with Crippen LogP contribution in [0.5, 0.6) is 5.75 Å². The van der Waals surface area contributed by atoms with Crippen LogP contribution in [0.25, 0.3) is 0 Å². The fourth-order valence-electron chi connectivity index (χ4n) is 2.59. The van der Waals surface area contributed by atoms with E-state index in [2.05, 4.69) is 44.3 Å². The predicted molar refractivity (Wildman–Crippen MR) is 76.4 cm³/mol. The average molecular weight is 247 g/mol. The first kappa shape index (κ1) is 13.4. The quantitative estimate of drug-likeness (QED) is 0.877. The molecule has 0 bridgehead atoms. The Morgan fingerprint density at radius 3 is 2.83 bits per heavy atom. The van der Waals surface area contributed by atoms with E-state index in [1.165, 1.54) is 30.4 Å². The molecule has 0 radical (unpaired) electrons. The zero-order valence-corrected chi connectivity index (χ0v) is 11.8. The summed E-state index contributed by atoms with van der Waals surface area (Å²) >= 11 is 0. The number of rotatable bonds is 4. The predicted octanol–water partition coefficient (Wildman–Crippen LogP) is 3.64. The van der Waals surface area contributed by atoms with E-state index in [1.54, 1.807) is 0 Å². The molecule has 1 aromatic carbocycles. The van der Waals surface area contributed by atoms with E-state index < -0.39 is 0 Å². The molecule has 2 nitrogen and oxygen atoms in total. The van der Waals surface area contributed by atoms with E-state index in [9.17, 15) is 0 Å². The van der Waals surface area contributed by atoms with Crippen LogP contribution in [0.2, 0.25) is 0 Å². The zero-order chi connectivity index (χ0) is 13.0. The molecule has 2 heteroatoms. The van der Waals surface area contributed by atoms with Gasteiger partial charge in [0, 0.05) is 6.04 Å². The maximum absolute atomic E-state index is 5.93. The van der Waals surface area contributed by atoms with Gasteiger partial charge in [0.25, 0.3) is 0 Å². The lowest BCUT2D eigenvalue weighted by Crippen LogP contribution is -2.38. The normalized spacial score (nSPS) is 20.1. The van der Waals surface area contributed by atoms with Gasteiger partial charge in [-0.25, -0.2) is 0 Å². The van der Waals surface area contributed by atoms with Crippen LogP contribution >= 0.6 is 0 Å². The van der Waals surface area contributed by atoms with Crippen molar-refractivity contribution in [1.82, 2.24) is 5.32 Å². The Labute approximate surface area is 111 Å². The van der Waals surface area contributed by atoms with E-state index in [0.29, 0.717) is 12.0 Å². The highest BCUT2D eigenvalue weighted by molar-refractivity contribution is 5.36. The number of hydrogen-bond donors (Lipinski definition) is 1. The summed E-state index contributed by atoms with van der Waals surface area (Å²) in [5, 5.41) is 3.51. The Balaban J connectivity index is 1.94. The molecule has 0 aromatic heterocycles. The van der Waals surface area contributed by atoms with Gasteiger partial charge >= 0.3 is 0 Å². The molecule has 1 aromatic rings. The molecule has 1 atom stereocenters. The Morgan fingerprint density at radius 2 is 2.17 bits per heavy atom. The Morgan fingerprint density at radius 1 is 1.33 bits per heavy atom. The van der Waals surface area contributed by atoms with Crippen LogP contribution < -0.4 is 10.1 Å². The Hall–Kier alpha value is -1.02. The molecular formula is C16H25NO. The molecule has 0 spiro atoms. The van der Waals surface area contributed by atoms with Crippen molar-refractivity contribution in [2.24, 2.45) is 0 Å². The summed E-state index contributed by atoms with van der Waals surface area (Å²) in [6, 6.07) is 6.98. The Bertz CT molecular complexity index is 381. The van der Waals surface area contributed by atoms with Crippen molar-refractivity contribution in [1.29, 1.82) is 0 Å². The van der Waals surface area contributed by atoms with E-state index in [1.807, 2.05) is 0 Å². The summed E-state index contributed by atoms with van der Waals surface area (Å²) in [5.41, 5.74) is 2.75. The standard InChI is InChI=1S/C16H25NO/c1-12(2)16-10-15(8-7-13(16)3)18-11-14-6-4-5-9-17-14/h7-8,10,12,14,17H,4-6,9,11H2,1-3H3. The van der Waals surface area contributed by atoms with Crippen LogP contribution in [0.3, 0.4) is 0 Å². The smallest absolute Gasteiger partial charge is 0.119 e. The molecular weight excluding hydrogens is 222 g/mol. The van der Waals surface area contributed by atoms with Gasteiger partial charge in [-0.2, -0.15) is 0 Å². The van der Waals surface area contributed by atoms with Crippen molar-refractivity contribution >= 4 is 0 Å². The van der Waals surface area contributed by atoms with Gasteiger partial charge in [-0.3, -0.25) is 0 Å². The molecule has 18 heavy (non-hydrogen) atoms. The molecule has 0 saturated carbocycles. The first-order chi connectivity index (χ1) is 8.66. The van der Waals surface area contributed by atoms with E-state index >= 15 is 0 Å². The van der Waals surface area contributed by atoms with Gasteiger partial charge < -0.3 is 10.1 Å². The minimum atomic E-state index is 0.530. The van der Waals surface area contributed by atoms with Crippen LogP contribution in [0.15, 0.2) is 18.2 Å². The minimum Gasteiger partial charge on any atom is -0.492 e. The molecule has 0 aliphatic carbocycles. The molecule has 2 rings (SSSR count). The second kappa shape index (κ2) is 6.24. The first-order valence-corrected chi connectivity index (χ1v) is 7.13. The summed E-state index contributed by atoms with van der Waals surface area (Å²) in [7, 11) is 0. The van der Waals surface area contributed by atoms with E-state index in [4.69, 9.17) is 4.74 Å². The van der Waals surface area contributed by atoms with Crippen LogP contribution in [0.4, 0.5) is 0 Å². The summed E-state index contributed by atoms with van der Waals surface area (Å²) in [5.74, 6) is 1.57. The van der Waals surface area contributed by atoms with Crippen molar-refractivity contribution in [2.75, 3.05) is 13.2 Å². The van der Waals surface area contributed by atoms with E-state index in [0.717, 1.165) is 18.9 Å². The van der Waals surface area contributed by atoms with Gasteiger partial charge in [0.2, 0.25) is 0 Å². The maximum atomic E-state index is 5.93. The summed E-state index contributed by atoms with van der Waals surface area (Å²) in [6.07, 6.45) is 3.87. The van der Waals surface area contributed by atoms with Gasteiger partial charge in [-0.1, -0.05) is 26.3 Å². The summed E-state index contributed by atoms with van der Waals surface area (Å²) in [4.78, 5) is 0. The molecule has 100 valence electrons. The molecule has 1 unspecified atom stereocenters. The molecule has 1 aliphatic heterocycles. The SMILES string of the molecule is Cc1ccc(OCC2CCCCN2)cc1C(C)C. The third kappa shape index (κ3) is 3.49. The van der Waals surface area contributed by atoms with Crippen LogP contribution in [0, 0.1) is 6.92 Å². The highest BCUT2D eigenvalue weighted by Gasteiger charge is 2.13. The molecule has 1 N–H and O–H groups in total. The van der Waals surface area contributed by atoms with Crippen molar-refractivity contribution in [3.63, 3.8) is 0 Å². The molecule has 1 saturated heterocycles. The van der Waals surface area contributed by atoms with Gasteiger partial charge in [0.1, 0.15) is 12.4 Å². The number of benzene rings is 1. The molecule has 0 amide bonds. The summed E-state index contributed by atoms with van der Waals surface area (Å²) < 4.78 is 5.93. The Kier molecular flexibility index (Phi) is 4.65. The van der Waals surface area contributed by atoms with Crippen molar-refractivity contribution < 1.29 is 4.74 Å². The minimum absolute atomic E-state index is 0.530. The molecule has 1 aliphatic rings. The number of aryl methyl sites for hydroxylation is 1. The number of nitrogens with one attached hydrogen (secondary N) is 1. The average Bonchev–Trinajstić information content (AvgIpc) is 2.38. The largest absolute Gasteiger partial charge is 0.492 e. The number of hydrogen-bond acceptors (Lipinski definition) is 2. The number of ether oxygens (including phenoxy) is 1. The van der Waals surface area contributed by atoms with Crippen molar-refractivity contribution in [2.45, 2.75) is 52.0 Å². The fraction of sp³-hybridized carbons (Fsp3) is 0.625. The second-order valence-electron chi connectivity index (χ2n) is 5.63. The fourth-order valence-corrected chi connectivity index (χ4v) is 2.59. The van der Waals surface area contributed by atoms with Crippen LogP contribution in [0.1, 0.15) is 50.2 Å². The van der Waals surface area contributed by atoms with Gasteiger partial charge in [-0.05, 0) is 55.5 Å². The van der Waals surface area contributed by atoms with E-state index in [-0.39, 0.29) is 0 Å².